The van der Waals surface area contributed by atoms with Crippen molar-refractivity contribution in [3.8, 4) is 0 Å². The first-order valence-corrected chi connectivity index (χ1v) is 13.9. The average molecular weight is 521 g/mol. The van der Waals surface area contributed by atoms with E-state index < -0.39 is 11.2 Å². The summed E-state index contributed by atoms with van der Waals surface area (Å²) in [4.78, 5) is 0. The molecule has 0 saturated carbocycles. The van der Waals surface area contributed by atoms with Gasteiger partial charge in [-0.15, -0.1) is 0 Å². The monoisotopic (exact) mass is 520 g/mol. The first-order valence-electron chi connectivity index (χ1n) is 13.9. The first kappa shape index (κ1) is 24.8. The van der Waals surface area contributed by atoms with Crippen LogP contribution in [0.5, 0.6) is 0 Å². The smallest absolute Gasteiger partial charge is 0.141 e. The van der Waals surface area contributed by atoms with E-state index in [0.717, 1.165) is 54.9 Å². The molecule has 0 saturated heterocycles. The maximum Gasteiger partial charge on any atom is 0.141 e. The van der Waals surface area contributed by atoms with Crippen LogP contribution < -0.4 is 0 Å². The molecule has 2 nitrogen and oxygen atoms in total. The van der Waals surface area contributed by atoms with Crippen LogP contribution in [-0.2, 0) is 11.2 Å². The summed E-state index contributed by atoms with van der Waals surface area (Å²) in [7, 11) is 0. The lowest BCUT2D eigenvalue weighted by molar-refractivity contribution is 0.0753. The van der Waals surface area contributed by atoms with Gasteiger partial charge in [-0.05, 0) is 107 Å². The maximum atomic E-state index is 13.2. The summed E-state index contributed by atoms with van der Waals surface area (Å²) >= 11 is 0. The van der Waals surface area contributed by atoms with Crippen LogP contribution in [0, 0.1) is 27.7 Å². The number of aliphatic hydroxyl groups is 2. The minimum atomic E-state index is -1.47. The molecule has 0 radical (unpaired) electrons. The molecule has 1 aliphatic rings. The normalized spacial score (nSPS) is 19.9. The largest absolute Gasteiger partial charge is 0.376 e. The molecule has 0 atom stereocenters. The van der Waals surface area contributed by atoms with Gasteiger partial charge in [0.2, 0.25) is 0 Å². The fourth-order valence-electron chi connectivity index (χ4n) is 6.83. The van der Waals surface area contributed by atoms with Crippen molar-refractivity contribution in [2.75, 3.05) is 0 Å². The number of aryl methyl sites for hydroxylation is 4. The highest BCUT2D eigenvalue weighted by Crippen LogP contribution is 2.55. The molecule has 2 N–H and O–H groups in total. The van der Waals surface area contributed by atoms with Gasteiger partial charge < -0.3 is 10.2 Å². The molecule has 0 aliphatic heterocycles. The van der Waals surface area contributed by atoms with Crippen molar-refractivity contribution < 1.29 is 10.2 Å². The zero-order valence-electron chi connectivity index (χ0n) is 23.3. The van der Waals surface area contributed by atoms with E-state index in [2.05, 4.69) is 76.2 Å². The van der Waals surface area contributed by atoms with Gasteiger partial charge in [-0.3, -0.25) is 0 Å². The summed E-state index contributed by atoms with van der Waals surface area (Å²) in [5, 5.41) is 30.6. The molecule has 0 heterocycles. The van der Waals surface area contributed by atoms with Crippen LogP contribution in [-0.4, -0.2) is 10.2 Å². The number of hydrogen-bond acceptors (Lipinski definition) is 2. The van der Waals surface area contributed by atoms with E-state index >= 15 is 0 Å². The van der Waals surface area contributed by atoms with Crippen molar-refractivity contribution in [2.24, 2.45) is 0 Å². The van der Waals surface area contributed by atoms with Gasteiger partial charge in [0.05, 0.1) is 0 Å². The van der Waals surface area contributed by atoms with Crippen LogP contribution in [0.25, 0.3) is 21.5 Å². The highest BCUT2D eigenvalue weighted by Gasteiger charge is 2.51. The Morgan fingerprint density at radius 1 is 0.375 bits per heavy atom. The summed E-state index contributed by atoms with van der Waals surface area (Å²) < 4.78 is 0. The van der Waals surface area contributed by atoms with Crippen LogP contribution in [0.3, 0.4) is 0 Å². The summed E-state index contributed by atoms with van der Waals surface area (Å²) in [6.45, 7) is 8.43. The van der Waals surface area contributed by atoms with Crippen molar-refractivity contribution in [1.29, 1.82) is 0 Å². The molecule has 6 aromatic rings. The SMILES string of the molecule is Cc1ccc(C)c2cc3c(cc12)C(O)(c1ccccc1)c1cc2c(C)ccc(C)c2cc1C3(O)c1ccccc1. The lowest BCUT2D eigenvalue weighted by atomic mass is 9.62. The predicted octanol–water partition coefficient (Wildman–Crippen LogP) is 8.11. The van der Waals surface area contributed by atoms with Gasteiger partial charge in [-0.1, -0.05) is 84.9 Å². The molecule has 0 fully saturated rings. The third-order valence-corrected chi connectivity index (χ3v) is 9.12. The predicted molar refractivity (Wildman–Crippen MR) is 164 cm³/mol. The van der Waals surface area contributed by atoms with Crippen LogP contribution in [0.1, 0.15) is 55.6 Å². The minimum absolute atomic E-state index is 0.711. The Kier molecular flexibility index (Phi) is 5.34. The fourth-order valence-corrected chi connectivity index (χ4v) is 6.83. The molecule has 7 rings (SSSR count). The zero-order valence-corrected chi connectivity index (χ0v) is 23.3. The summed E-state index contributed by atoms with van der Waals surface area (Å²) in [6.07, 6.45) is 0. The van der Waals surface area contributed by atoms with Crippen molar-refractivity contribution in [1.82, 2.24) is 0 Å². The van der Waals surface area contributed by atoms with E-state index in [4.69, 9.17) is 0 Å². The second kappa shape index (κ2) is 8.63. The number of hydrogen-bond donors (Lipinski definition) is 2. The first-order chi connectivity index (χ1) is 19.2. The van der Waals surface area contributed by atoms with Crippen LogP contribution >= 0.6 is 0 Å². The van der Waals surface area contributed by atoms with Gasteiger partial charge in [0.15, 0.2) is 0 Å². The van der Waals surface area contributed by atoms with Gasteiger partial charge in [0.25, 0.3) is 0 Å². The molecule has 0 spiro atoms. The van der Waals surface area contributed by atoms with Crippen molar-refractivity contribution >= 4 is 21.5 Å². The summed E-state index contributed by atoms with van der Waals surface area (Å²) in [6, 6.07) is 36.8. The number of fused-ring (bicyclic) bond motifs is 4. The van der Waals surface area contributed by atoms with E-state index in [1.165, 1.54) is 0 Å². The molecule has 196 valence electrons. The van der Waals surface area contributed by atoms with E-state index in [9.17, 15) is 10.2 Å². The quantitative estimate of drug-likeness (QED) is 0.242. The molecule has 0 aromatic heterocycles. The fraction of sp³-hybridized carbons (Fsp3) is 0.158. The van der Waals surface area contributed by atoms with Crippen molar-refractivity contribution in [3.05, 3.63) is 165 Å². The number of benzene rings is 6. The molecule has 0 unspecified atom stereocenters. The van der Waals surface area contributed by atoms with E-state index in [1.54, 1.807) is 0 Å². The Labute approximate surface area is 235 Å². The van der Waals surface area contributed by atoms with Gasteiger partial charge >= 0.3 is 0 Å². The lowest BCUT2D eigenvalue weighted by Crippen LogP contribution is -2.44. The second-order valence-corrected chi connectivity index (χ2v) is 11.4. The highest BCUT2D eigenvalue weighted by atomic mass is 16.3. The van der Waals surface area contributed by atoms with Crippen LogP contribution in [0.2, 0.25) is 0 Å². The van der Waals surface area contributed by atoms with Crippen molar-refractivity contribution in [3.63, 3.8) is 0 Å². The van der Waals surface area contributed by atoms with Crippen LogP contribution in [0.15, 0.2) is 109 Å². The Hall–Kier alpha value is -4.24. The third-order valence-electron chi connectivity index (χ3n) is 9.12. The lowest BCUT2D eigenvalue weighted by Gasteiger charge is -2.46. The second-order valence-electron chi connectivity index (χ2n) is 11.4. The number of rotatable bonds is 2. The Morgan fingerprint density at radius 3 is 0.875 bits per heavy atom. The van der Waals surface area contributed by atoms with Gasteiger partial charge in [0.1, 0.15) is 11.2 Å². The molecule has 0 bridgehead atoms. The van der Waals surface area contributed by atoms with E-state index in [0.29, 0.717) is 22.3 Å². The Morgan fingerprint density at radius 2 is 0.625 bits per heavy atom. The molecule has 6 aromatic carbocycles. The van der Waals surface area contributed by atoms with Gasteiger partial charge in [-0.2, -0.15) is 0 Å². The van der Waals surface area contributed by atoms with E-state index in [-0.39, 0.29) is 0 Å². The topological polar surface area (TPSA) is 40.5 Å². The maximum absolute atomic E-state index is 13.2. The molecular formula is C38H32O2. The Bertz CT molecular complexity index is 1710. The van der Waals surface area contributed by atoms with Crippen LogP contribution in [0.4, 0.5) is 0 Å². The minimum Gasteiger partial charge on any atom is -0.376 e. The highest BCUT2D eigenvalue weighted by molar-refractivity contribution is 5.94. The summed E-state index contributed by atoms with van der Waals surface area (Å²) in [5.41, 5.74) is 6.01. The summed E-state index contributed by atoms with van der Waals surface area (Å²) in [5.74, 6) is 0. The zero-order chi connectivity index (χ0) is 27.8. The van der Waals surface area contributed by atoms with Crippen molar-refractivity contribution in [2.45, 2.75) is 38.9 Å². The van der Waals surface area contributed by atoms with Gasteiger partial charge in [-0.25, -0.2) is 0 Å². The van der Waals surface area contributed by atoms with Gasteiger partial charge in [0, 0.05) is 22.3 Å². The molecule has 0 amide bonds. The molecule has 1 aliphatic carbocycles. The molecule has 40 heavy (non-hydrogen) atoms. The molecule has 2 heteroatoms. The molecular weight excluding hydrogens is 488 g/mol. The van der Waals surface area contributed by atoms with E-state index in [1.807, 2.05) is 60.7 Å². The third kappa shape index (κ3) is 3.24. The average Bonchev–Trinajstić information content (AvgIpc) is 2.99. The Balaban J connectivity index is 1.74. The standard InChI is InChI=1S/C38H32O2/c1-23-15-16-24(2)30-20-34-33(19-29(23)30)37(39,27-11-7-5-8-12-27)35-21-31-25(3)17-18-26(4)32(31)22-36(35)38(34,40)28-13-9-6-10-14-28/h5-22,39-40H,1-4H3.